The number of nitro benzene ring substituents is 1. The van der Waals surface area contributed by atoms with Crippen LogP contribution in [0, 0.1) is 24.0 Å². The second-order valence-electron chi connectivity index (χ2n) is 6.93. The van der Waals surface area contributed by atoms with Crippen molar-refractivity contribution in [3.63, 3.8) is 0 Å². The van der Waals surface area contributed by atoms with Crippen molar-refractivity contribution >= 4 is 23.4 Å². The van der Waals surface area contributed by atoms with Crippen LogP contribution in [0.25, 0.3) is 0 Å². The molecule has 0 N–H and O–H groups in total. The van der Waals surface area contributed by atoms with Crippen LogP contribution in [0.3, 0.4) is 0 Å². The first kappa shape index (κ1) is 19.3. The van der Waals surface area contributed by atoms with E-state index in [4.69, 9.17) is 4.52 Å². The summed E-state index contributed by atoms with van der Waals surface area (Å²) in [6.07, 6.45) is 1.66. The molecule has 0 aliphatic carbocycles. The van der Waals surface area contributed by atoms with Crippen LogP contribution in [-0.4, -0.2) is 43.2 Å². The average Bonchev–Trinajstić information content (AvgIpc) is 3.37. The quantitative estimate of drug-likeness (QED) is 0.347. The van der Waals surface area contributed by atoms with Crippen molar-refractivity contribution in [3.05, 3.63) is 69.2 Å². The van der Waals surface area contributed by atoms with Gasteiger partial charge in [0, 0.05) is 29.5 Å². The highest BCUT2D eigenvalue weighted by atomic mass is 16.6. The van der Waals surface area contributed by atoms with Gasteiger partial charge in [-0.15, -0.1) is 0 Å². The lowest BCUT2D eigenvalue weighted by Crippen LogP contribution is -2.33. The number of aryl methyl sites for hydroxylation is 2. The van der Waals surface area contributed by atoms with E-state index in [1.807, 2.05) is 6.92 Å². The van der Waals surface area contributed by atoms with Crippen molar-refractivity contribution in [2.75, 3.05) is 11.4 Å². The van der Waals surface area contributed by atoms with E-state index in [0.717, 1.165) is 16.2 Å². The molecule has 1 fully saturated rings. The summed E-state index contributed by atoms with van der Waals surface area (Å²) in [6, 6.07) is 7.14. The smallest absolute Gasteiger partial charge is 0.333 e. The predicted molar refractivity (Wildman–Crippen MR) is 104 cm³/mol. The first-order valence-electron chi connectivity index (χ1n) is 9.14. The summed E-state index contributed by atoms with van der Waals surface area (Å²) < 4.78 is 6.73. The van der Waals surface area contributed by atoms with Gasteiger partial charge in [0.05, 0.1) is 23.7 Å². The number of rotatable bonds is 6. The normalized spacial score (nSPS) is 14.1. The monoisotopic (exact) mass is 410 g/mol. The number of amides is 3. The number of carbonyl (C=O) groups excluding carboxylic acids is 2. The molecule has 1 aromatic carbocycles. The molecular formula is C19H18N6O5. The minimum Gasteiger partial charge on any atom is -0.361 e. The molecule has 0 spiro atoms. The highest BCUT2D eigenvalue weighted by molar-refractivity contribution is 6.19. The Labute approximate surface area is 170 Å². The van der Waals surface area contributed by atoms with Crippen molar-refractivity contribution in [1.82, 2.24) is 19.8 Å². The van der Waals surface area contributed by atoms with Gasteiger partial charge in [-0.1, -0.05) is 23.4 Å². The van der Waals surface area contributed by atoms with Gasteiger partial charge in [-0.2, -0.15) is 5.10 Å². The molecule has 1 aliphatic rings. The summed E-state index contributed by atoms with van der Waals surface area (Å²) >= 11 is 0. The predicted octanol–water partition coefficient (Wildman–Crippen LogP) is 2.41. The molecule has 0 atom stereocenters. The molecule has 0 saturated carbocycles. The van der Waals surface area contributed by atoms with Crippen molar-refractivity contribution in [2.45, 2.75) is 26.9 Å². The Morgan fingerprint density at radius 2 is 1.93 bits per heavy atom. The maximum Gasteiger partial charge on any atom is 0.333 e. The van der Waals surface area contributed by atoms with Crippen molar-refractivity contribution in [2.24, 2.45) is 0 Å². The van der Waals surface area contributed by atoms with Gasteiger partial charge in [0.15, 0.2) is 5.82 Å². The third-order valence-electron chi connectivity index (χ3n) is 4.94. The fourth-order valence-electron chi connectivity index (χ4n) is 3.38. The minimum absolute atomic E-state index is 0.0436. The number of para-hydroxylation sites is 1. The van der Waals surface area contributed by atoms with Crippen molar-refractivity contribution in [1.29, 1.82) is 0 Å². The van der Waals surface area contributed by atoms with Crippen LogP contribution in [0.1, 0.15) is 22.6 Å². The number of anilines is 1. The van der Waals surface area contributed by atoms with E-state index in [0.29, 0.717) is 17.9 Å². The van der Waals surface area contributed by atoms with E-state index in [1.54, 1.807) is 42.1 Å². The lowest BCUT2D eigenvalue weighted by atomic mass is 10.1. The molecule has 3 aromatic rings. The van der Waals surface area contributed by atoms with Crippen molar-refractivity contribution < 1.29 is 19.0 Å². The van der Waals surface area contributed by atoms with Crippen LogP contribution >= 0.6 is 0 Å². The second kappa shape index (κ2) is 7.43. The highest BCUT2D eigenvalue weighted by Crippen LogP contribution is 2.25. The number of benzene rings is 1. The Balaban J connectivity index is 1.53. The molecule has 3 heterocycles. The van der Waals surface area contributed by atoms with E-state index in [9.17, 15) is 19.7 Å². The molecule has 30 heavy (non-hydrogen) atoms. The summed E-state index contributed by atoms with van der Waals surface area (Å²) in [5.74, 6) is 0.427. The topological polar surface area (TPSA) is 128 Å². The SMILES string of the molecule is Cc1noc(C)c1Cn1ccc(N2C(=O)CN(Cc3ccccc3[N+](=O)[O-])C2=O)n1. The fraction of sp³-hybridized carbons (Fsp3) is 0.263. The average molecular weight is 410 g/mol. The maximum atomic E-state index is 12.8. The van der Waals surface area contributed by atoms with E-state index < -0.39 is 16.9 Å². The minimum atomic E-state index is -0.569. The summed E-state index contributed by atoms with van der Waals surface area (Å²) in [6.45, 7) is 3.79. The van der Waals surface area contributed by atoms with Gasteiger partial charge in [-0.25, -0.2) is 9.69 Å². The lowest BCUT2D eigenvalue weighted by molar-refractivity contribution is -0.385. The standard InChI is InChI=1S/C19H18N6O5/c1-12-15(13(2)30-21-12)10-23-8-7-17(20-23)24-18(26)11-22(19(24)27)9-14-5-3-4-6-16(14)25(28)29/h3-8H,9-11H2,1-2H3. The molecule has 11 nitrogen and oxygen atoms in total. The van der Waals surface area contributed by atoms with Gasteiger partial charge in [0.2, 0.25) is 0 Å². The van der Waals surface area contributed by atoms with E-state index >= 15 is 0 Å². The van der Waals surface area contributed by atoms with Crippen molar-refractivity contribution in [3.8, 4) is 0 Å². The van der Waals surface area contributed by atoms with Gasteiger partial charge in [-0.3, -0.25) is 19.6 Å². The van der Waals surface area contributed by atoms with E-state index in [-0.39, 0.29) is 24.6 Å². The number of nitro groups is 1. The summed E-state index contributed by atoms with van der Waals surface area (Å²) in [5, 5.41) is 19.4. The van der Waals surface area contributed by atoms with Gasteiger partial charge < -0.3 is 9.42 Å². The molecule has 1 saturated heterocycles. The van der Waals surface area contributed by atoms with Crippen LogP contribution in [-0.2, 0) is 17.9 Å². The van der Waals surface area contributed by atoms with Crippen LogP contribution in [0.15, 0.2) is 41.1 Å². The van der Waals surface area contributed by atoms with Gasteiger partial charge >= 0.3 is 6.03 Å². The molecule has 0 bridgehead atoms. The first-order chi connectivity index (χ1) is 14.3. The highest BCUT2D eigenvalue weighted by Gasteiger charge is 2.39. The molecule has 1 aliphatic heterocycles. The molecule has 0 unspecified atom stereocenters. The molecule has 2 aromatic heterocycles. The summed E-state index contributed by atoms with van der Waals surface area (Å²) in [5.41, 5.74) is 1.88. The lowest BCUT2D eigenvalue weighted by Gasteiger charge is -2.15. The van der Waals surface area contributed by atoms with Gasteiger partial charge in [-0.05, 0) is 13.8 Å². The van der Waals surface area contributed by atoms with Crippen LogP contribution in [0.2, 0.25) is 0 Å². The Hall–Kier alpha value is -4.02. The largest absolute Gasteiger partial charge is 0.361 e. The second-order valence-corrected chi connectivity index (χ2v) is 6.93. The van der Waals surface area contributed by atoms with Crippen LogP contribution in [0.5, 0.6) is 0 Å². The fourth-order valence-corrected chi connectivity index (χ4v) is 3.38. The van der Waals surface area contributed by atoms with E-state index in [2.05, 4.69) is 10.3 Å². The number of carbonyl (C=O) groups is 2. The van der Waals surface area contributed by atoms with Crippen LogP contribution < -0.4 is 4.90 Å². The van der Waals surface area contributed by atoms with Gasteiger partial charge in [0.25, 0.3) is 11.6 Å². The number of imide groups is 1. The molecule has 154 valence electrons. The Morgan fingerprint density at radius 3 is 2.63 bits per heavy atom. The number of urea groups is 1. The number of nitrogens with zero attached hydrogens (tertiary/aromatic N) is 6. The Bertz CT molecular complexity index is 1130. The molecular weight excluding hydrogens is 392 g/mol. The molecule has 11 heteroatoms. The zero-order valence-corrected chi connectivity index (χ0v) is 16.3. The van der Waals surface area contributed by atoms with E-state index in [1.165, 1.54) is 11.0 Å². The Kier molecular flexibility index (Phi) is 4.78. The van der Waals surface area contributed by atoms with Crippen LogP contribution in [0.4, 0.5) is 16.3 Å². The summed E-state index contributed by atoms with van der Waals surface area (Å²) in [7, 11) is 0. The zero-order valence-electron chi connectivity index (χ0n) is 16.3. The summed E-state index contributed by atoms with van der Waals surface area (Å²) in [4.78, 5) is 38.3. The molecule has 4 rings (SSSR count). The number of aromatic nitrogens is 3. The third-order valence-corrected chi connectivity index (χ3v) is 4.94. The zero-order chi connectivity index (χ0) is 21.4. The first-order valence-corrected chi connectivity index (χ1v) is 9.14. The maximum absolute atomic E-state index is 12.8. The third kappa shape index (κ3) is 3.41. The Morgan fingerprint density at radius 1 is 1.17 bits per heavy atom. The molecule has 3 amide bonds. The number of hydrogen-bond donors (Lipinski definition) is 0. The number of hydrogen-bond acceptors (Lipinski definition) is 7. The molecule has 0 radical (unpaired) electrons. The van der Waals surface area contributed by atoms with Gasteiger partial charge in [0.1, 0.15) is 12.3 Å².